The Bertz CT molecular complexity index is 1490. The number of unbranched alkanes of at least 4 members (excludes halogenated alkanes) is 59. The van der Waals surface area contributed by atoms with Crippen molar-refractivity contribution in [2.75, 3.05) is 13.2 Å². The standard InChI is InChI=1S/C83H157NO5/c1-3-5-7-9-11-13-15-17-18-19-20-42-45-48-52-55-59-63-67-71-75-81(86)80(79-85)84-82(87)76-72-68-64-60-56-53-49-46-43-40-38-36-34-32-30-28-26-24-22-21-23-25-27-29-31-33-35-37-39-41-44-47-50-54-58-62-66-70-74-78-89-83(88)77-73-69-65-61-57-51-16-14-12-10-8-6-4-2/h14,16,21-22,25,27,71,75,80-81,85-86H,3-13,15,17-20,23-24,26,28-70,72-74,76-79H2,1-2H3,(H,84,87)/b16-14-,22-21-,27-25-,75-71+. The molecule has 0 aliphatic carbocycles. The first kappa shape index (κ1) is 86.8. The molecule has 0 aliphatic rings. The lowest BCUT2D eigenvalue weighted by Gasteiger charge is -2.20. The van der Waals surface area contributed by atoms with Crippen LogP contribution in [0, 0.1) is 0 Å². The summed E-state index contributed by atoms with van der Waals surface area (Å²) in [7, 11) is 0. The minimum absolute atomic E-state index is 0.0112. The third-order valence-electron chi connectivity index (χ3n) is 18.8. The number of hydrogen-bond donors (Lipinski definition) is 3. The number of allylic oxidation sites excluding steroid dienone is 7. The highest BCUT2D eigenvalue weighted by Gasteiger charge is 2.18. The van der Waals surface area contributed by atoms with Gasteiger partial charge in [0, 0.05) is 12.8 Å². The fourth-order valence-electron chi connectivity index (χ4n) is 12.7. The smallest absolute Gasteiger partial charge is 0.305 e. The number of amides is 1. The van der Waals surface area contributed by atoms with Crippen LogP contribution >= 0.6 is 0 Å². The van der Waals surface area contributed by atoms with Crippen LogP contribution in [0.4, 0.5) is 0 Å². The van der Waals surface area contributed by atoms with Gasteiger partial charge in [-0.05, 0) is 89.9 Å². The molecule has 2 unspecified atom stereocenters. The number of carbonyl (C=O) groups is 2. The minimum Gasteiger partial charge on any atom is -0.466 e. The second-order valence-corrected chi connectivity index (χ2v) is 27.7. The number of carbonyl (C=O) groups excluding carboxylic acids is 2. The van der Waals surface area contributed by atoms with Crippen LogP contribution in [0.1, 0.15) is 444 Å². The predicted molar refractivity (Wildman–Crippen MR) is 393 cm³/mol. The average molecular weight is 1250 g/mol. The summed E-state index contributed by atoms with van der Waals surface area (Å²) in [5.41, 5.74) is 0. The van der Waals surface area contributed by atoms with Crippen LogP contribution < -0.4 is 5.32 Å². The molecular weight excluding hydrogens is 1090 g/mol. The lowest BCUT2D eigenvalue weighted by molar-refractivity contribution is -0.143. The van der Waals surface area contributed by atoms with Crippen LogP contribution in [0.25, 0.3) is 0 Å². The van der Waals surface area contributed by atoms with E-state index in [1.165, 1.54) is 366 Å². The third kappa shape index (κ3) is 74.7. The molecule has 524 valence electrons. The van der Waals surface area contributed by atoms with E-state index in [4.69, 9.17) is 4.74 Å². The first-order valence-corrected chi connectivity index (χ1v) is 40.4. The van der Waals surface area contributed by atoms with Gasteiger partial charge in [0.1, 0.15) is 0 Å². The molecule has 0 rings (SSSR count). The van der Waals surface area contributed by atoms with Gasteiger partial charge < -0.3 is 20.3 Å². The largest absolute Gasteiger partial charge is 0.466 e. The SMILES string of the molecule is CCCCCC/C=C\CCCCCCCC(=O)OCCCCCCCCCCCCCCCCC/C=C\C/C=C\CCCCCCCCCCCCCCCCCCCC(=O)NC(CO)C(O)/C=C/CCCCCCCCCCCCCCCCCCCC. The summed E-state index contributed by atoms with van der Waals surface area (Å²) >= 11 is 0. The summed E-state index contributed by atoms with van der Waals surface area (Å²) in [6, 6.07) is -0.627. The van der Waals surface area contributed by atoms with Gasteiger partial charge in [0.2, 0.25) is 5.91 Å². The summed E-state index contributed by atoms with van der Waals surface area (Å²) in [4.78, 5) is 24.6. The second-order valence-electron chi connectivity index (χ2n) is 27.7. The molecule has 0 saturated heterocycles. The Balaban J connectivity index is 3.38. The van der Waals surface area contributed by atoms with Crippen LogP contribution in [0.3, 0.4) is 0 Å². The van der Waals surface area contributed by atoms with Crippen molar-refractivity contribution in [1.82, 2.24) is 5.32 Å². The van der Waals surface area contributed by atoms with Gasteiger partial charge in [-0.2, -0.15) is 0 Å². The molecule has 0 heterocycles. The molecule has 0 spiro atoms. The minimum atomic E-state index is -0.844. The fraction of sp³-hybridized carbons (Fsp3) is 0.880. The average Bonchev–Trinajstić information content (AvgIpc) is 3.55. The molecule has 0 radical (unpaired) electrons. The summed E-state index contributed by atoms with van der Waals surface area (Å²) in [5, 5.41) is 23.3. The Labute approximate surface area is 556 Å². The van der Waals surface area contributed by atoms with E-state index < -0.39 is 12.1 Å². The van der Waals surface area contributed by atoms with Crippen molar-refractivity contribution in [1.29, 1.82) is 0 Å². The van der Waals surface area contributed by atoms with Gasteiger partial charge >= 0.3 is 5.97 Å². The van der Waals surface area contributed by atoms with E-state index in [9.17, 15) is 19.8 Å². The lowest BCUT2D eigenvalue weighted by Crippen LogP contribution is -2.45. The quantitative estimate of drug-likeness (QED) is 0.0320. The summed E-state index contributed by atoms with van der Waals surface area (Å²) in [5.74, 6) is -0.0496. The molecule has 3 N–H and O–H groups in total. The maximum absolute atomic E-state index is 12.5. The van der Waals surface area contributed by atoms with Gasteiger partial charge in [-0.3, -0.25) is 9.59 Å². The molecule has 89 heavy (non-hydrogen) atoms. The topological polar surface area (TPSA) is 95.9 Å². The van der Waals surface area contributed by atoms with E-state index in [-0.39, 0.29) is 18.5 Å². The normalized spacial score (nSPS) is 12.7. The monoisotopic (exact) mass is 1250 g/mol. The Morgan fingerprint density at radius 3 is 0.876 bits per heavy atom. The van der Waals surface area contributed by atoms with Gasteiger partial charge in [0.15, 0.2) is 0 Å². The maximum atomic E-state index is 12.5. The number of rotatable bonds is 76. The Hall–Kier alpha value is -2.18. The van der Waals surface area contributed by atoms with Crippen molar-refractivity contribution in [3.8, 4) is 0 Å². The van der Waals surface area contributed by atoms with Gasteiger partial charge in [0.05, 0.1) is 25.4 Å². The highest BCUT2D eigenvalue weighted by atomic mass is 16.5. The molecule has 2 atom stereocenters. The van der Waals surface area contributed by atoms with Crippen molar-refractivity contribution in [3.05, 3.63) is 48.6 Å². The predicted octanol–water partition coefficient (Wildman–Crippen LogP) is 26.8. The highest BCUT2D eigenvalue weighted by molar-refractivity contribution is 5.76. The van der Waals surface area contributed by atoms with Gasteiger partial charge in [-0.15, -0.1) is 0 Å². The van der Waals surface area contributed by atoms with E-state index in [1.807, 2.05) is 6.08 Å². The highest BCUT2D eigenvalue weighted by Crippen LogP contribution is 2.19. The van der Waals surface area contributed by atoms with E-state index in [1.54, 1.807) is 6.08 Å². The van der Waals surface area contributed by atoms with Crippen LogP contribution in [-0.4, -0.2) is 47.4 Å². The summed E-state index contributed by atoms with van der Waals surface area (Å²) in [6.07, 6.45) is 104. The number of aliphatic hydroxyl groups is 2. The molecule has 0 aromatic rings. The molecule has 0 aromatic heterocycles. The molecule has 0 fully saturated rings. The number of ether oxygens (including phenoxy) is 1. The van der Waals surface area contributed by atoms with Gasteiger partial charge in [-0.25, -0.2) is 0 Å². The molecule has 0 bridgehead atoms. The van der Waals surface area contributed by atoms with Crippen molar-refractivity contribution in [2.45, 2.75) is 456 Å². The lowest BCUT2D eigenvalue weighted by atomic mass is 10.0. The van der Waals surface area contributed by atoms with Crippen molar-refractivity contribution >= 4 is 11.9 Å². The Morgan fingerprint density at radius 1 is 0.315 bits per heavy atom. The second kappa shape index (κ2) is 78.3. The van der Waals surface area contributed by atoms with Crippen molar-refractivity contribution in [2.24, 2.45) is 0 Å². The molecule has 1 amide bonds. The maximum Gasteiger partial charge on any atom is 0.305 e. The molecular formula is C83H157NO5. The van der Waals surface area contributed by atoms with Crippen LogP contribution in [-0.2, 0) is 14.3 Å². The molecule has 0 aromatic carbocycles. The van der Waals surface area contributed by atoms with Crippen molar-refractivity contribution in [3.63, 3.8) is 0 Å². The van der Waals surface area contributed by atoms with E-state index >= 15 is 0 Å². The Morgan fingerprint density at radius 2 is 0.562 bits per heavy atom. The van der Waals surface area contributed by atoms with E-state index in [2.05, 4.69) is 55.6 Å². The number of aliphatic hydroxyl groups excluding tert-OH is 2. The Kier molecular flexibility index (Phi) is 76.3. The van der Waals surface area contributed by atoms with Gasteiger partial charge in [0.25, 0.3) is 0 Å². The molecule has 0 saturated carbocycles. The van der Waals surface area contributed by atoms with Crippen LogP contribution in [0.5, 0.6) is 0 Å². The number of nitrogens with one attached hydrogen (secondary N) is 1. The summed E-state index contributed by atoms with van der Waals surface area (Å²) < 4.78 is 5.49. The molecule has 0 aliphatic heterocycles. The summed E-state index contributed by atoms with van der Waals surface area (Å²) in [6.45, 7) is 4.93. The fourth-order valence-corrected chi connectivity index (χ4v) is 12.7. The van der Waals surface area contributed by atoms with E-state index in [0.29, 0.717) is 19.4 Å². The number of esters is 1. The molecule has 6 nitrogen and oxygen atoms in total. The zero-order chi connectivity index (χ0) is 64.2. The van der Waals surface area contributed by atoms with Crippen LogP contribution in [0.15, 0.2) is 48.6 Å². The third-order valence-corrected chi connectivity index (χ3v) is 18.8. The van der Waals surface area contributed by atoms with Crippen molar-refractivity contribution < 1.29 is 24.5 Å². The zero-order valence-corrected chi connectivity index (χ0v) is 60.2. The van der Waals surface area contributed by atoms with Crippen LogP contribution in [0.2, 0.25) is 0 Å². The first-order valence-electron chi connectivity index (χ1n) is 40.4. The van der Waals surface area contributed by atoms with Gasteiger partial charge in [-0.1, -0.05) is 390 Å². The number of hydrogen-bond acceptors (Lipinski definition) is 5. The van der Waals surface area contributed by atoms with E-state index in [0.717, 1.165) is 51.4 Å². The first-order chi connectivity index (χ1) is 44.0. The molecule has 6 heteroatoms. The zero-order valence-electron chi connectivity index (χ0n) is 60.2.